The first-order chi connectivity index (χ1) is 9.78. The first-order valence-corrected chi connectivity index (χ1v) is 9.03. The molecule has 3 rings (SSSR count). The van der Waals surface area contributed by atoms with Crippen molar-refractivity contribution in [3.63, 3.8) is 0 Å². The van der Waals surface area contributed by atoms with E-state index in [1.165, 1.54) is 17.7 Å². The van der Waals surface area contributed by atoms with E-state index in [4.69, 9.17) is 5.11 Å². The van der Waals surface area contributed by atoms with E-state index in [0.29, 0.717) is 18.6 Å². The van der Waals surface area contributed by atoms with Crippen LogP contribution in [0.15, 0.2) is 6.20 Å². The second-order valence-corrected chi connectivity index (χ2v) is 7.42. The highest BCUT2D eigenvalue weighted by Gasteiger charge is 2.27. The number of aromatic nitrogens is 2. The van der Waals surface area contributed by atoms with Gasteiger partial charge in [0.25, 0.3) is 0 Å². The van der Waals surface area contributed by atoms with Crippen LogP contribution in [0.4, 0.5) is 0 Å². The first kappa shape index (κ1) is 14.2. The molecule has 2 heterocycles. The number of rotatable bonds is 4. The van der Waals surface area contributed by atoms with Crippen LogP contribution >= 0.6 is 0 Å². The van der Waals surface area contributed by atoms with Gasteiger partial charge < -0.3 is 10.4 Å². The highest BCUT2D eigenvalue weighted by Crippen LogP contribution is 2.30. The molecule has 0 amide bonds. The highest BCUT2D eigenvalue weighted by molar-refractivity contribution is 7.85. The minimum atomic E-state index is -0.595. The third-order valence-electron chi connectivity index (χ3n) is 4.40. The second-order valence-electron chi connectivity index (χ2n) is 5.73. The van der Waals surface area contributed by atoms with Gasteiger partial charge in [0.2, 0.25) is 0 Å². The van der Waals surface area contributed by atoms with Gasteiger partial charge in [-0.2, -0.15) is 5.10 Å². The Morgan fingerprint density at radius 1 is 1.40 bits per heavy atom. The topological polar surface area (TPSA) is 67.2 Å². The van der Waals surface area contributed by atoms with Crippen LogP contribution in [0, 0.1) is 0 Å². The molecule has 0 aromatic carbocycles. The number of hydrogen-bond donors (Lipinski definition) is 2. The quantitative estimate of drug-likeness (QED) is 0.861. The van der Waals surface area contributed by atoms with E-state index in [-0.39, 0.29) is 6.61 Å². The van der Waals surface area contributed by atoms with Crippen LogP contribution in [-0.2, 0) is 23.8 Å². The van der Waals surface area contributed by atoms with Crippen molar-refractivity contribution < 1.29 is 9.32 Å². The summed E-state index contributed by atoms with van der Waals surface area (Å²) < 4.78 is 13.4. The molecule has 0 saturated carbocycles. The molecule has 2 N–H and O–H groups in total. The first-order valence-electron chi connectivity index (χ1n) is 7.54. The molecule has 1 aliphatic carbocycles. The Hall–Kier alpha value is -0.720. The van der Waals surface area contributed by atoms with E-state index in [2.05, 4.69) is 10.4 Å². The molecule has 5 nitrogen and oxygen atoms in total. The Morgan fingerprint density at radius 2 is 2.20 bits per heavy atom. The summed E-state index contributed by atoms with van der Waals surface area (Å²) in [6.07, 6.45) is 7.37. The number of aliphatic hydroxyl groups excluding tert-OH is 1. The Labute approximate surface area is 122 Å². The van der Waals surface area contributed by atoms with Crippen LogP contribution < -0.4 is 5.32 Å². The average Bonchev–Trinajstić information content (AvgIpc) is 2.86. The van der Waals surface area contributed by atoms with Crippen LogP contribution in [0.1, 0.15) is 43.0 Å². The smallest absolute Gasteiger partial charge is 0.0644 e. The average molecular weight is 297 g/mol. The molecule has 112 valence electrons. The molecular formula is C14H23N3O2S. The fourth-order valence-electron chi connectivity index (χ4n) is 3.32. The molecule has 1 atom stereocenters. The van der Waals surface area contributed by atoms with E-state index in [1.54, 1.807) is 0 Å². The summed E-state index contributed by atoms with van der Waals surface area (Å²) in [6, 6.07) is 0.868. The minimum Gasteiger partial charge on any atom is -0.394 e. The summed E-state index contributed by atoms with van der Waals surface area (Å²) in [4.78, 5) is 0. The van der Waals surface area contributed by atoms with Gasteiger partial charge in [-0.1, -0.05) is 0 Å². The molecule has 1 unspecified atom stereocenters. The Bertz CT molecular complexity index is 479. The summed E-state index contributed by atoms with van der Waals surface area (Å²) in [5.41, 5.74) is 2.58. The maximum Gasteiger partial charge on any atom is 0.0644 e. The lowest BCUT2D eigenvalue weighted by Crippen LogP contribution is -2.39. The standard InChI is InChI=1S/C14H23N3O2S/c18-7-6-17-14-3-1-2-13(12(14)10-15-17)16-11-4-8-20(19)9-5-11/h10-11,13,16,18H,1-9H2. The lowest BCUT2D eigenvalue weighted by atomic mass is 9.92. The fraction of sp³-hybridized carbons (Fsp3) is 0.786. The van der Waals surface area contributed by atoms with Crippen molar-refractivity contribution in [1.29, 1.82) is 0 Å². The van der Waals surface area contributed by atoms with Gasteiger partial charge >= 0.3 is 0 Å². The van der Waals surface area contributed by atoms with Crippen LogP contribution in [0.25, 0.3) is 0 Å². The van der Waals surface area contributed by atoms with Gasteiger partial charge in [0, 0.05) is 45.6 Å². The maximum atomic E-state index is 11.4. The maximum absolute atomic E-state index is 11.4. The highest BCUT2D eigenvalue weighted by atomic mass is 32.2. The third kappa shape index (κ3) is 2.97. The summed E-state index contributed by atoms with van der Waals surface area (Å²) in [7, 11) is -0.595. The molecular weight excluding hydrogens is 274 g/mol. The Kier molecular flexibility index (Phi) is 4.53. The molecule has 1 aliphatic heterocycles. The van der Waals surface area contributed by atoms with Gasteiger partial charge in [-0.3, -0.25) is 8.89 Å². The zero-order chi connectivity index (χ0) is 13.9. The Morgan fingerprint density at radius 3 is 2.95 bits per heavy atom. The molecule has 1 fully saturated rings. The summed E-state index contributed by atoms with van der Waals surface area (Å²) >= 11 is 0. The monoisotopic (exact) mass is 297 g/mol. The SMILES string of the molecule is O=S1CCC(NC2CCCc3c2cnn3CCO)CC1. The van der Waals surface area contributed by atoms with Crippen molar-refractivity contribution in [2.24, 2.45) is 0 Å². The van der Waals surface area contributed by atoms with Crippen molar-refractivity contribution in [2.45, 2.75) is 50.7 Å². The minimum absolute atomic E-state index is 0.140. The van der Waals surface area contributed by atoms with Crippen LogP contribution in [0.3, 0.4) is 0 Å². The Balaban J connectivity index is 1.68. The number of hydrogen-bond acceptors (Lipinski definition) is 4. The van der Waals surface area contributed by atoms with Crippen molar-refractivity contribution in [3.05, 3.63) is 17.5 Å². The lowest BCUT2D eigenvalue weighted by Gasteiger charge is -2.30. The summed E-state index contributed by atoms with van der Waals surface area (Å²) in [6.45, 7) is 0.727. The van der Waals surface area contributed by atoms with E-state index < -0.39 is 10.8 Å². The van der Waals surface area contributed by atoms with Crippen LogP contribution in [0.5, 0.6) is 0 Å². The van der Waals surface area contributed by atoms with Gasteiger partial charge in [0.05, 0.1) is 19.3 Å². The van der Waals surface area contributed by atoms with Crippen LogP contribution in [-0.4, -0.2) is 43.3 Å². The number of aliphatic hydroxyl groups is 1. The van der Waals surface area contributed by atoms with Crippen molar-refractivity contribution in [3.8, 4) is 0 Å². The van der Waals surface area contributed by atoms with E-state index in [9.17, 15) is 4.21 Å². The zero-order valence-corrected chi connectivity index (χ0v) is 12.6. The molecule has 2 aliphatic rings. The van der Waals surface area contributed by atoms with Gasteiger partial charge in [0.1, 0.15) is 0 Å². The molecule has 1 saturated heterocycles. The molecule has 0 spiro atoms. The van der Waals surface area contributed by atoms with Gasteiger partial charge in [-0.25, -0.2) is 0 Å². The second kappa shape index (κ2) is 6.37. The molecule has 0 bridgehead atoms. The number of nitrogens with zero attached hydrogens (tertiary/aromatic N) is 2. The normalized spacial score (nSPS) is 30.1. The van der Waals surface area contributed by atoms with Crippen LogP contribution in [0.2, 0.25) is 0 Å². The summed E-state index contributed by atoms with van der Waals surface area (Å²) in [5.74, 6) is 1.67. The van der Waals surface area contributed by atoms with Crippen molar-refractivity contribution in [1.82, 2.24) is 15.1 Å². The molecule has 20 heavy (non-hydrogen) atoms. The number of fused-ring (bicyclic) bond motifs is 1. The zero-order valence-electron chi connectivity index (χ0n) is 11.8. The molecule has 0 radical (unpaired) electrons. The van der Waals surface area contributed by atoms with E-state index in [0.717, 1.165) is 37.2 Å². The molecule has 1 aromatic rings. The van der Waals surface area contributed by atoms with E-state index >= 15 is 0 Å². The van der Waals surface area contributed by atoms with Crippen molar-refractivity contribution >= 4 is 10.8 Å². The predicted octanol–water partition coefficient (Wildman–Crippen LogP) is 0.753. The van der Waals surface area contributed by atoms with Gasteiger partial charge in [-0.15, -0.1) is 0 Å². The van der Waals surface area contributed by atoms with E-state index in [1.807, 2.05) is 10.9 Å². The molecule has 6 heteroatoms. The van der Waals surface area contributed by atoms with Crippen molar-refractivity contribution in [2.75, 3.05) is 18.1 Å². The number of nitrogens with one attached hydrogen (secondary N) is 1. The van der Waals surface area contributed by atoms with Gasteiger partial charge in [-0.05, 0) is 32.1 Å². The lowest BCUT2D eigenvalue weighted by molar-refractivity contribution is 0.266. The fourth-order valence-corrected chi connectivity index (χ4v) is 4.62. The molecule has 1 aromatic heterocycles. The van der Waals surface area contributed by atoms with Gasteiger partial charge in [0.15, 0.2) is 0 Å². The predicted molar refractivity (Wildman–Crippen MR) is 79.0 cm³/mol. The third-order valence-corrected chi connectivity index (χ3v) is 5.78. The summed E-state index contributed by atoms with van der Waals surface area (Å²) in [5, 5.41) is 17.2. The largest absolute Gasteiger partial charge is 0.394 e.